The van der Waals surface area contributed by atoms with Gasteiger partial charge in [-0.2, -0.15) is 0 Å². The summed E-state index contributed by atoms with van der Waals surface area (Å²) in [5, 5.41) is 8.67. The second kappa shape index (κ2) is 6.14. The Morgan fingerprint density at radius 1 is 1.53 bits per heavy atom. The molecule has 1 N–H and O–H groups in total. The summed E-state index contributed by atoms with van der Waals surface area (Å²) in [5.74, 6) is -0.534. The van der Waals surface area contributed by atoms with E-state index in [9.17, 15) is 9.59 Å². The standard InChI is InChI=1S/C13H15BrN2O3/c14-12-10(2-1-6-15-12)13(19)16-7-5-9(8-16)3-4-11(17)18/h1-2,6,9H,3-5,7-8H2,(H,17,18). The van der Waals surface area contributed by atoms with E-state index in [0.29, 0.717) is 29.7 Å². The number of pyridine rings is 1. The predicted octanol–water partition coefficient (Wildman–Crippen LogP) is 2.17. The summed E-state index contributed by atoms with van der Waals surface area (Å²) >= 11 is 3.27. The van der Waals surface area contributed by atoms with Gasteiger partial charge in [-0.05, 0) is 46.8 Å². The van der Waals surface area contributed by atoms with Crippen molar-refractivity contribution < 1.29 is 14.7 Å². The largest absolute Gasteiger partial charge is 0.481 e. The summed E-state index contributed by atoms with van der Waals surface area (Å²) in [7, 11) is 0. The number of likely N-dealkylation sites (tertiary alicyclic amines) is 1. The molecule has 1 aromatic rings. The normalized spacial score (nSPS) is 18.6. The Morgan fingerprint density at radius 2 is 2.32 bits per heavy atom. The second-order valence-corrected chi connectivity index (χ2v) is 5.43. The monoisotopic (exact) mass is 326 g/mol. The fourth-order valence-electron chi connectivity index (χ4n) is 2.30. The van der Waals surface area contributed by atoms with Crippen LogP contribution in [0.25, 0.3) is 0 Å². The molecule has 1 aliphatic rings. The van der Waals surface area contributed by atoms with Gasteiger partial charge < -0.3 is 10.0 Å². The lowest BCUT2D eigenvalue weighted by Crippen LogP contribution is -2.29. The molecule has 0 bridgehead atoms. The van der Waals surface area contributed by atoms with E-state index < -0.39 is 5.97 Å². The van der Waals surface area contributed by atoms with Crippen molar-refractivity contribution in [1.29, 1.82) is 0 Å². The minimum atomic E-state index is -0.778. The third-order valence-electron chi connectivity index (χ3n) is 3.33. The number of amides is 1. The molecule has 0 radical (unpaired) electrons. The van der Waals surface area contributed by atoms with Crippen LogP contribution in [0.4, 0.5) is 0 Å². The Morgan fingerprint density at radius 3 is 3.00 bits per heavy atom. The SMILES string of the molecule is O=C(O)CCC1CCN(C(=O)c2cccnc2Br)C1. The first-order chi connectivity index (χ1) is 9.08. The first kappa shape index (κ1) is 14.0. The van der Waals surface area contributed by atoms with Crippen LogP contribution in [-0.2, 0) is 4.79 Å². The van der Waals surface area contributed by atoms with Crippen LogP contribution in [0.2, 0.25) is 0 Å². The average molecular weight is 327 g/mol. The zero-order valence-corrected chi connectivity index (χ0v) is 12.0. The summed E-state index contributed by atoms with van der Waals surface area (Å²) in [6.07, 6.45) is 3.30. The molecule has 1 aliphatic heterocycles. The maximum absolute atomic E-state index is 12.3. The molecule has 1 amide bonds. The summed E-state index contributed by atoms with van der Waals surface area (Å²) in [4.78, 5) is 28.6. The molecule has 102 valence electrons. The molecule has 0 aliphatic carbocycles. The summed E-state index contributed by atoms with van der Waals surface area (Å²) in [6.45, 7) is 1.32. The molecule has 0 spiro atoms. The van der Waals surface area contributed by atoms with Crippen LogP contribution in [0.5, 0.6) is 0 Å². The molecule has 5 nitrogen and oxygen atoms in total. The van der Waals surface area contributed by atoms with Gasteiger partial charge in [-0.3, -0.25) is 9.59 Å². The highest BCUT2D eigenvalue weighted by atomic mass is 79.9. The van der Waals surface area contributed by atoms with Crippen molar-refractivity contribution in [2.24, 2.45) is 5.92 Å². The van der Waals surface area contributed by atoms with Crippen LogP contribution in [0.15, 0.2) is 22.9 Å². The number of hydrogen-bond donors (Lipinski definition) is 1. The molecule has 1 fully saturated rings. The molecule has 0 aromatic carbocycles. The maximum atomic E-state index is 12.3. The fourth-order valence-corrected chi connectivity index (χ4v) is 2.72. The minimum absolute atomic E-state index is 0.0437. The number of aliphatic carboxylic acids is 1. The van der Waals surface area contributed by atoms with Crippen molar-refractivity contribution in [3.8, 4) is 0 Å². The quantitative estimate of drug-likeness (QED) is 0.861. The Bertz CT molecular complexity index is 493. The van der Waals surface area contributed by atoms with Gasteiger partial charge in [-0.25, -0.2) is 4.98 Å². The van der Waals surface area contributed by atoms with Crippen LogP contribution in [0.3, 0.4) is 0 Å². The van der Waals surface area contributed by atoms with Crippen molar-refractivity contribution >= 4 is 27.8 Å². The Kier molecular flexibility index (Phi) is 4.52. The summed E-state index contributed by atoms with van der Waals surface area (Å²) in [5.41, 5.74) is 0.557. The molecule has 0 saturated carbocycles. The zero-order valence-electron chi connectivity index (χ0n) is 10.4. The van der Waals surface area contributed by atoms with E-state index in [4.69, 9.17) is 5.11 Å². The van der Waals surface area contributed by atoms with E-state index in [1.165, 1.54) is 0 Å². The molecule has 1 saturated heterocycles. The molecule has 2 rings (SSSR count). The summed E-state index contributed by atoms with van der Waals surface area (Å²) < 4.78 is 0.550. The van der Waals surface area contributed by atoms with E-state index >= 15 is 0 Å². The topological polar surface area (TPSA) is 70.5 Å². The maximum Gasteiger partial charge on any atom is 0.303 e. The lowest BCUT2D eigenvalue weighted by Gasteiger charge is -2.16. The lowest BCUT2D eigenvalue weighted by atomic mass is 10.0. The van der Waals surface area contributed by atoms with Crippen LogP contribution in [-0.4, -0.2) is 40.0 Å². The number of halogens is 1. The third kappa shape index (κ3) is 3.53. The van der Waals surface area contributed by atoms with Gasteiger partial charge in [0, 0.05) is 25.7 Å². The lowest BCUT2D eigenvalue weighted by molar-refractivity contribution is -0.137. The van der Waals surface area contributed by atoms with Crippen LogP contribution < -0.4 is 0 Å². The van der Waals surface area contributed by atoms with Gasteiger partial charge in [-0.1, -0.05) is 0 Å². The van der Waals surface area contributed by atoms with Gasteiger partial charge in [0.15, 0.2) is 0 Å². The second-order valence-electron chi connectivity index (χ2n) is 4.68. The van der Waals surface area contributed by atoms with E-state index in [1.54, 1.807) is 23.2 Å². The number of carbonyl (C=O) groups is 2. The number of nitrogens with zero attached hydrogens (tertiary/aromatic N) is 2. The van der Waals surface area contributed by atoms with Gasteiger partial charge >= 0.3 is 5.97 Å². The zero-order chi connectivity index (χ0) is 13.8. The van der Waals surface area contributed by atoms with Gasteiger partial charge in [0.25, 0.3) is 5.91 Å². The smallest absolute Gasteiger partial charge is 0.303 e. The Balaban J connectivity index is 1.95. The number of carboxylic acid groups (broad SMARTS) is 1. The molecule has 19 heavy (non-hydrogen) atoms. The highest BCUT2D eigenvalue weighted by Crippen LogP contribution is 2.24. The number of rotatable bonds is 4. The fraction of sp³-hybridized carbons (Fsp3) is 0.462. The van der Waals surface area contributed by atoms with Crippen molar-refractivity contribution in [2.45, 2.75) is 19.3 Å². The van der Waals surface area contributed by atoms with Gasteiger partial charge in [-0.15, -0.1) is 0 Å². The molecule has 1 atom stereocenters. The molecule has 6 heteroatoms. The molecule has 1 aromatic heterocycles. The molecular weight excluding hydrogens is 312 g/mol. The predicted molar refractivity (Wildman–Crippen MR) is 72.8 cm³/mol. The van der Waals surface area contributed by atoms with Crippen molar-refractivity contribution in [2.75, 3.05) is 13.1 Å². The van der Waals surface area contributed by atoms with Gasteiger partial charge in [0.05, 0.1) is 5.56 Å². The first-order valence-corrected chi connectivity index (χ1v) is 6.99. The van der Waals surface area contributed by atoms with E-state index in [1.807, 2.05) is 0 Å². The average Bonchev–Trinajstić information content (AvgIpc) is 2.85. The molecule has 1 unspecified atom stereocenters. The number of aromatic nitrogens is 1. The van der Waals surface area contributed by atoms with Crippen LogP contribution >= 0.6 is 15.9 Å². The number of carbonyl (C=O) groups excluding carboxylic acids is 1. The van der Waals surface area contributed by atoms with Gasteiger partial charge in [0.2, 0.25) is 0 Å². The van der Waals surface area contributed by atoms with Crippen molar-refractivity contribution in [3.05, 3.63) is 28.5 Å². The van der Waals surface area contributed by atoms with Gasteiger partial charge in [0.1, 0.15) is 4.60 Å². The Labute approximate surface area is 119 Å². The van der Waals surface area contributed by atoms with E-state index in [2.05, 4.69) is 20.9 Å². The van der Waals surface area contributed by atoms with Crippen LogP contribution in [0, 0.1) is 5.92 Å². The molecular formula is C13H15BrN2O3. The number of carboxylic acids is 1. The van der Waals surface area contributed by atoms with E-state index in [-0.39, 0.29) is 18.2 Å². The van der Waals surface area contributed by atoms with Crippen LogP contribution in [0.1, 0.15) is 29.6 Å². The highest BCUT2D eigenvalue weighted by Gasteiger charge is 2.28. The molecule has 2 heterocycles. The third-order valence-corrected chi connectivity index (χ3v) is 3.96. The highest BCUT2D eigenvalue weighted by molar-refractivity contribution is 9.10. The first-order valence-electron chi connectivity index (χ1n) is 6.19. The minimum Gasteiger partial charge on any atom is -0.481 e. The van der Waals surface area contributed by atoms with Crippen molar-refractivity contribution in [1.82, 2.24) is 9.88 Å². The number of hydrogen-bond acceptors (Lipinski definition) is 3. The Hall–Kier alpha value is -1.43. The summed E-state index contributed by atoms with van der Waals surface area (Å²) in [6, 6.07) is 3.47. The van der Waals surface area contributed by atoms with E-state index in [0.717, 1.165) is 6.42 Å². The van der Waals surface area contributed by atoms with Crippen molar-refractivity contribution in [3.63, 3.8) is 0 Å².